The van der Waals surface area contributed by atoms with Gasteiger partial charge in [0, 0.05) is 25.4 Å². The second-order valence-electron chi connectivity index (χ2n) is 6.85. The molecule has 0 aliphatic carbocycles. The van der Waals surface area contributed by atoms with Crippen molar-refractivity contribution < 1.29 is 35.1 Å². The van der Waals surface area contributed by atoms with Crippen LogP contribution in [0.2, 0.25) is 0 Å². The average molecular weight is 411 g/mol. The standard InChI is InChI=1S/C17H31ClN2O7/c1-4-5-6-16(25)17(26,14(23)13(22)12(10-21)27-16)20(9-11(2)3)15(24)19-8-7-18/h12-14,21-23,25-26H,2,4-10H2,1,3H3,(H,19,24)/t12-,13-,14+,16+,17-/m1/s1. The Morgan fingerprint density at radius 2 is 2.00 bits per heavy atom. The second kappa shape index (κ2) is 10.0. The molecule has 0 spiro atoms. The van der Waals surface area contributed by atoms with Crippen LogP contribution in [-0.2, 0) is 4.74 Å². The van der Waals surface area contributed by atoms with Crippen molar-refractivity contribution in [2.75, 3.05) is 25.6 Å². The summed E-state index contributed by atoms with van der Waals surface area (Å²) in [5, 5.41) is 55.3. The molecule has 1 aliphatic rings. The number of aliphatic hydroxyl groups is 5. The largest absolute Gasteiger partial charge is 0.394 e. The zero-order valence-corrected chi connectivity index (χ0v) is 16.5. The molecule has 1 fully saturated rings. The molecule has 0 unspecified atom stereocenters. The van der Waals surface area contributed by atoms with Crippen molar-refractivity contribution >= 4 is 17.6 Å². The number of amides is 2. The van der Waals surface area contributed by atoms with E-state index >= 15 is 0 Å². The molecule has 1 heterocycles. The van der Waals surface area contributed by atoms with Gasteiger partial charge in [0.25, 0.3) is 0 Å². The van der Waals surface area contributed by atoms with Gasteiger partial charge >= 0.3 is 6.03 Å². The number of aliphatic hydroxyl groups excluding tert-OH is 3. The fourth-order valence-corrected chi connectivity index (χ4v) is 3.22. The highest BCUT2D eigenvalue weighted by atomic mass is 35.5. The van der Waals surface area contributed by atoms with E-state index in [1.165, 1.54) is 0 Å². The third-order valence-corrected chi connectivity index (χ3v) is 4.73. The highest BCUT2D eigenvalue weighted by molar-refractivity contribution is 6.18. The first-order chi connectivity index (χ1) is 12.6. The van der Waals surface area contributed by atoms with Crippen molar-refractivity contribution in [3.63, 3.8) is 0 Å². The van der Waals surface area contributed by atoms with Gasteiger partial charge in [0.2, 0.25) is 11.5 Å². The minimum atomic E-state index is -2.69. The van der Waals surface area contributed by atoms with Gasteiger partial charge in [-0.15, -0.1) is 11.6 Å². The Balaban J connectivity index is 3.43. The Kier molecular flexibility index (Phi) is 8.94. The van der Waals surface area contributed by atoms with E-state index in [4.69, 9.17) is 16.3 Å². The number of ether oxygens (including phenoxy) is 1. The molecule has 27 heavy (non-hydrogen) atoms. The predicted molar refractivity (Wildman–Crippen MR) is 99.0 cm³/mol. The highest BCUT2D eigenvalue weighted by Crippen LogP contribution is 2.42. The fraction of sp³-hybridized carbons (Fsp3) is 0.824. The van der Waals surface area contributed by atoms with E-state index in [0.717, 1.165) is 4.90 Å². The number of carbonyl (C=O) groups is 1. The van der Waals surface area contributed by atoms with Gasteiger partial charge in [-0.1, -0.05) is 25.5 Å². The first-order valence-electron chi connectivity index (χ1n) is 8.94. The molecule has 0 bridgehead atoms. The molecular weight excluding hydrogens is 380 g/mol. The van der Waals surface area contributed by atoms with Crippen LogP contribution in [0.4, 0.5) is 4.79 Å². The molecule has 1 saturated heterocycles. The van der Waals surface area contributed by atoms with Crippen molar-refractivity contribution in [2.45, 2.75) is 62.9 Å². The lowest BCUT2D eigenvalue weighted by molar-refractivity contribution is -0.418. The van der Waals surface area contributed by atoms with Crippen LogP contribution in [-0.4, -0.2) is 91.9 Å². The zero-order valence-electron chi connectivity index (χ0n) is 15.8. The predicted octanol–water partition coefficient (Wildman–Crippen LogP) is -0.507. The quantitative estimate of drug-likeness (QED) is 0.171. The summed E-state index contributed by atoms with van der Waals surface area (Å²) in [5.74, 6) is -2.32. The summed E-state index contributed by atoms with van der Waals surface area (Å²) in [5.41, 5.74) is -2.24. The highest BCUT2D eigenvalue weighted by Gasteiger charge is 2.67. The molecule has 10 heteroatoms. The molecular formula is C17H31ClN2O7. The SMILES string of the molecule is C=C(C)CN(C(=O)NCCCl)[C@@]1(O)[C@@H](O)[C@H](O)[C@@H](CO)O[C@@]1(O)CCCC. The van der Waals surface area contributed by atoms with Crippen LogP contribution in [0.25, 0.3) is 0 Å². The van der Waals surface area contributed by atoms with Gasteiger partial charge in [-0.3, -0.25) is 4.90 Å². The summed E-state index contributed by atoms with van der Waals surface area (Å²) < 4.78 is 5.41. The van der Waals surface area contributed by atoms with Crippen molar-refractivity contribution in [1.29, 1.82) is 0 Å². The van der Waals surface area contributed by atoms with Gasteiger partial charge in [0.1, 0.15) is 18.3 Å². The molecule has 5 atom stereocenters. The normalized spacial score (nSPS) is 33.6. The number of hydrogen-bond donors (Lipinski definition) is 6. The van der Waals surface area contributed by atoms with Gasteiger partial charge in [-0.05, 0) is 13.3 Å². The average Bonchev–Trinajstić information content (AvgIpc) is 2.63. The number of unbranched alkanes of at least 4 members (excludes halogenated alkanes) is 1. The maximum atomic E-state index is 12.7. The van der Waals surface area contributed by atoms with Crippen LogP contribution in [0, 0.1) is 0 Å². The maximum Gasteiger partial charge on any atom is 0.320 e. The van der Waals surface area contributed by atoms with Gasteiger partial charge in [0.05, 0.1) is 6.61 Å². The van der Waals surface area contributed by atoms with Crippen LogP contribution >= 0.6 is 11.6 Å². The van der Waals surface area contributed by atoms with Crippen LogP contribution < -0.4 is 5.32 Å². The molecule has 0 saturated carbocycles. The Morgan fingerprint density at radius 3 is 2.48 bits per heavy atom. The number of halogens is 1. The van der Waals surface area contributed by atoms with E-state index in [9.17, 15) is 30.3 Å². The van der Waals surface area contributed by atoms with E-state index < -0.39 is 42.5 Å². The number of rotatable bonds is 9. The van der Waals surface area contributed by atoms with Crippen LogP contribution in [0.3, 0.4) is 0 Å². The summed E-state index contributed by atoms with van der Waals surface area (Å²) in [4.78, 5) is 13.4. The molecule has 0 aromatic heterocycles. The van der Waals surface area contributed by atoms with Gasteiger partial charge in [0.15, 0.2) is 0 Å². The van der Waals surface area contributed by atoms with Gasteiger partial charge in [-0.2, -0.15) is 0 Å². The lowest BCUT2D eigenvalue weighted by atomic mass is 9.82. The molecule has 0 aromatic rings. The Bertz CT molecular complexity index is 524. The Morgan fingerprint density at radius 1 is 1.37 bits per heavy atom. The molecule has 9 nitrogen and oxygen atoms in total. The molecule has 158 valence electrons. The van der Waals surface area contributed by atoms with Gasteiger partial charge < -0.3 is 35.6 Å². The molecule has 0 aromatic carbocycles. The van der Waals surface area contributed by atoms with Crippen molar-refractivity contribution in [2.24, 2.45) is 0 Å². The number of hydrogen-bond acceptors (Lipinski definition) is 7. The van der Waals surface area contributed by atoms with E-state index in [1.54, 1.807) is 6.92 Å². The van der Waals surface area contributed by atoms with E-state index in [1.807, 2.05) is 6.92 Å². The number of nitrogens with zero attached hydrogens (tertiary/aromatic N) is 1. The van der Waals surface area contributed by atoms with E-state index in [0.29, 0.717) is 18.4 Å². The first kappa shape index (κ1) is 24.1. The summed E-state index contributed by atoms with van der Waals surface area (Å²) in [6.45, 7) is 6.31. The van der Waals surface area contributed by atoms with E-state index in [2.05, 4.69) is 11.9 Å². The third kappa shape index (κ3) is 4.92. The summed E-state index contributed by atoms with van der Waals surface area (Å²) in [6, 6.07) is -0.826. The zero-order chi connectivity index (χ0) is 20.8. The fourth-order valence-electron chi connectivity index (χ4n) is 3.12. The lowest BCUT2D eigenvalue weighted by Crippen LogP contribution is -2.80. The number of nitrogens with one attached hydrogen (secondary N) is 1. The third-order valence-electron chi connectivity index (χ3n) is 4.54. The second-order valence-corrected chi connectivity index (χ2v) is 7.23. The number of carbonyl (C=O) groups excluding carboxylic acids is 1. The Labute approximate surface area is 164 Å². The van der Waals surface area contributed by atoms with Crippen LogP contribution in [0.15, 0.2) is 12.2 Å². The van der Waals surface area contributed by atoms with Crippen LogP contribution in [0.1, 0.15) is 33.1 Å². The van der Waals surface area contributed by atoms with Gasteiger partial charge in [-0.25, -0.2) is 4.79 Å². The Hall–Kier alpha value is -0.940. The molecule has 0 radical (unpaired) electrons. The van der Waals surface area contributed by atoms with Crippen molar-refractivity contribution in [3.8, 4) is 0 Å². The summed E-state index contributed by atoms with van der Waals surface area (Å²) in [7, 11) is 0. The number of urea groups is 1. The number of alkyl halides is 1. The maximum absolute atomic E-state index is 12.7. The molecule has 1 aliphatic heterocycles. The van der Waals surface area contributed by atoms with Crippen LogP contribution in [0.5, 0.6) is 0 Å². The minimum Gasteiger partial charge on any atom is -0.394 e. The van der Waals surface area contributed by atoms with E-state index in [-0.39, 0.29) is 25.4 Å². The molecule has 6 N–H and O–H groups in total. The summed E-state index contributed by atoms with van der Waals surface area (Å²) in [6.07, 6.45) is -4.20. The monoisotopic (exact) mass is 410 g/mol. The van der Waals surface area contributed by atoms with Crippen molar-refractivity contribution in [1.82, 2.24) is 10.2 Å². The smallest absolute Gasteiger partial charge is 0.320 e. The first-order valence-corrected chi connectivity index (χ1v) is 9.47. The van der Waals surface area contributed by atoms with Crippen molar-refractivity contribution in [3.05, 3.63) is 12.2 Å². The lowest BCUT2D eigenvalue weighted by Gasteiger charge is -2.56. The molecule has 2 amide bonds. The summed E-state index contributed by atoms with van der Waals surface area (Å²) >= 11 is 5.59. The topological polar surface area (TPSA) is 143 Å². The minimum absolute atomic E-state index is 0.0787. The molecule has 1 rings (SSSR count).